The molecule has 0 radical (unpaired) electrons. The van der Waals surface area contributed by atoms with Crippen LogP contribution in [0.25, 0.3) is 0 Å². The monoisotopic (exact) mass is 247 g/mol. The van der Waals surface area contributed by atoms with Crippen LogP contribution >= 0.6 is 0 Å². The second-order valence-electron chi connectivity index (χ2n) is 5.93. The summed E-state index contributed by atoms with van der Waals surface area (Å²) < 4.78 is 13.0. The molecular formula is C16H22FN. The molecule has 2 saturated carbocycles. The highest BCUT2D eigenvalue weighted by atomic mass is 19.1. The minimum atomic E-state index is -0.137. The largest absolute Gasteiger partial charge is 0.310 e. The molecule has 1 N–H and O–H groups in total. The van der Waals surface area contributed by atoms with Crippen LogP contribution in [0, 0.1) is 23.6 Å². The Bertz CT molecular complexity index is 400. The third kappa shape index (κ3) is 2.18. The fourth-order valence-corrected chi connectivity index (χ4v) is 4.11. The van der Waals surface area contributed by atoms with Crippen molar-refractivity contribution in [2.24, 2.45) is 17.8 Å². The van der Waals surface area contributed by atoms with Crippen LogP contribution in [0.3, 0.4) is 0 Å². The highest BCUT2D eigenvalue weighted by Crippen LogP contribution is 2.52. The molecule has 0 saturated heterocycles. The molecule has 2 aliphatic rings. The van der Waals surface area contributed by atoms with Gasteiger partial charge in [0.05, 0.1) is 0 Å². The van der Waals surface area contributed by atoms with Gasteiger partial charge < -0.3 is 5.32 Å². The average molecular weight is 247 g/mol. The number of rotatable bonds is 4. The van der Waals surface area contributed by atoms with Crippen molar-refractivity contribution in [3.05, 3.63) is 35.6 Å². The predicted molar refractivity (Wildman–Crippen MR) is 71.8 cm³/mol. The molecule has 0 heterocycles. The quantitative estimate of drug-likeness (QED) is 0.850. The molecule has 2 fully saturated rings. The second kappa shape index (κ2) is 5.00. The van der Waals surface area contributed by atoms with Crippen molar-refractivity contribution in [1.82, 2.24) is 5.32 Å². The summed E-state index contributed by atoms with van der Waals surface area (Å²) in [6, 6.07) is 7.51. The van der Waals surface area contributed by atoms with Gasteiger partial charge >= 0.3 is 0 Å². The summed E-state index contributed by atoms with van der Waals surface area (Å²) in [7, 11) is 0. The van der Waals surface area contributed by atoms with Gasteiger partial charge in [-0.3, -0.25) is 0 Å². The Morgan fingerprint density at radius 2 is 2.00 bits per heavy atom. The first-order valence-corrected chi connectivity index (χ1v) is 7.26. The molecule has 3 rings (SSSR count). The molecular weight excluding hydrogens is 225 g/mol. The van der Waals surface area contributed by atoms with E-state index in [9.17, 15) is 4.39 Å². The van der Waals surface area contributed by atoms with Crippen molar-refractivity contribution in [3.63, 3.8) is 0 Å². The van der Waals surface area contributed by atoms with E-state index in [0.29, 0.717) is 6.04 Å². The number of hydrogen-bond donors (Lipinski definition) is 1. The molecule has 98 valence electrons. The highest BCUT2D eigenvalue weighted by Gasteiger charge is 2.43. The van der Waals surface area contributed by atoms with Crippen molar-refractivity contribution in [2.45, 2.75) is 38.6 Å². The minimum Gasteiger partial charge on any atom is -0.310 e. The SMILES string of the molecule is CCNC(c1ccc(F)cc1)C1CC2CCC1C2. The number of nitrogens with one attached hydrogen (secondary N) is 1. The molecule has 0 amide bonds. The lowest BCUT2D eigenvalue weighted by atomic mass is 9.80. The normalized spacial score (nSPS) is 31.8. The number of benzene rings is 1. The summed E-state index contributed by atoms with van der Waals surface area (Å²) in [4.78, 5) is 0. The zero-order chi connectivity index (χ0) is 12.5. The summed E-state index contributed by atoms with van der Waals surface area (Å²) in [5, 5.41) is 3.62. The lowest BCUT2D eigenvalue weighted by Crippen LogP contribution is -2.31. The molecule has 0 aromatic heterocycles. The topological polar surface area (TPSA) is 12.0 Å². The maximum absolute atomic E-state index is 13.0. The van der Waals surface area contributed by atoms with Crippen LogP contribution in [0.5, 0.6) is 0 Å². The molecule has 1 aromatic rings. The fraction of sp³-hybridized carbons (Fsp3) is 0.625. The summed E-state index contributed by atoms with van der Waals surface area (Å²) in [5.41, 5.74) is 1.26. The van der Waals surface area contributed by atoms with E-state index < -0.39 is 0 Å². The van der Waals surface area contributed by atoms with Crippen LogP contribution in [0.2, 0.25) is 0 Å². The van der Waals surface area contributed by atoms with E-state index in [-0.39, 0.29) is 5.82 Å². The summed E-state index contributed by atoms with van der Waals surface area (Å²) >= 11 is 0. The van der Waals surface area contributed by atoms with Gasteiger partial charge in [0.2, 0.25) is 0 Å². The first-order chi connectivity index (χ1) is 8.78. The van der Waals surface area contributed by atoms with Crippen molar-refractivity contribution < 1.29 is 4.39 Å². The number of halogens is 1. The molecule has 2 aliphatic carbocycles. The van der Waals surface area contributed by atoms with Gasteiger partial charge in [0.15, 0.2) is 0 Å². The van der Waals surface area contributed by atoms with Crippen LogP contribution in [0.15, 0.2) is 24.3 Å². The molecule has 0 spiro atoms. The van der Waals surface area contributed by atoms with E-state index in [1.165, 1.54) is 31.2 Å². The molecule has 18 heavy (non-hydrogen) atoms. The van der Waals surface area contributed by atoms with Gasteiger partial charge in [0.25, 0.3) is 0 Å². The van der Waals surface area contributed by atoms with Gasteiger partial charge in [-0.2, -0.15) is 0 Å². The third-order valence-electron chi connectivity index (χ3n) is 4.87. The molecule has 1 aromatic carbocycles. The first-order valence-electron chi connectivity index (χ1n) is 7.26. The van der Waals surface area contributed by atoms with E-state index >= 15 is 0 Å². The maximum Gasteiger partial charge on any atom is 0.123 e. The fourth-order valence-electron chi connectivity index (χ4n) is 4.11. The van der Waals surface area contributed by atoms with Crippen LogP contribution < -0.4 is 5.32 Å². The van der Waals surface area contributed by atoms with E-state index in [1.54, 1.807) is 12.1 Å². The van der Waals surface area contributed by atoms with Gasteiger partial charge in [-0.15, -0.1) is 0 Å². The number of fused-ring (bicyclic) bond motifs is 2. The molecule has 4 atom stereocenters. The Labute approximate surface area is 109 Å². The zero-order valence-electron chi connectivity index (χ0n) is 11.0. The van der Waals surface area contributed by atoms with Crippen LogP contribution in [0.1, 0.15) is 44.2 Å². The Morgan fingerprint density at radius 1 is 1.22 bits per heavy atom. The maximum atomic E-state index is 13.0. The Hall–Kier alpha value is -0.890. The van der Waals surface area contributed by atoms with Crippen molar-refractivity contribution in [3.8, 4) is 0 Å². The zero-order valence-corrected chi connectivity index (χ0v) is 11.0. The minimum absolute atomic E-state index is 0.137. The third-order valence-corrected chi connectivity index (χ3v) is 4.87. The van der Waals surface area contributed by atoms with E-state index in [0.717, 1.165) is 24.3 Å². The Kier molecular flexibility index (Phi) is 3.38. The molecule has 0 aliphatic heterocycles. The predicted octanol–water partition coefficient (Wildman–Crippen LogP) is 3.91. The van der Waals surface area contributed by atoms with Crippen LogP contribution in [0.4, 0.5) is 4.39 Å². The van der Waals surface area contributed by atoms with Gasteiger partial charge in [-0.05, 0) is 61.3 Å². The van der Waals surface area contributed by atoms with Gasteiger partial charge in [0.1, 0.15) is 5.82 Å². The van der Waals surface area contributed by atoms with Crippen LogP contribution in [-0.4, -0.2) is 6.54 Å². The lowest BCUT2D eigenvalue weighted by Gasteiger charge is -2.31. The molecule has 2 bridgehead atoms. The van der Waals surface area contributed by atoms with Gasteiger partial charge in [-0.25, -0.2) is 4.39 Å². The smallest absolute Gasteiger partial charge is 0.123 e. The summed E-state index contributed by atoms with van der Waals surface area (Å²) in [6.45, 7) is 3.14. The number of hydrogen-bond acceptors (Lipinski definition) is 1. The summed E-state index contributed by atoms with van der Waals surface area (Å²) in [5.74, 6) is 2.47. The standard InChI is InChI=1S/C16H22FN/c1-2-18-16(12-5-7-14(17)8-6-12)15-10-11-3-4-13(15)9-11/h5-8,11,13,15-16,18H,2-4,9-10H2,1H3. The van der Waals surface area contributed by atoms with E-state index in [1.807, 2.05) is 12.1 Å². The summed E-state index contributed by atoms with van der Waals surface area (Å²) in [6.07, 6.45) is 5.62. The van der Waals surface area contributed by atoms with E-state index in [4.69, 9.17) is 0 Å². The first kappa shape index (κ1) is 12.2. The molecule has 1 nitrogen and oxygen atoms in total. The van der Waals surface area contributed by atoms with Crippen molar-refractivity contribution in [1.29, 1.82) is 0 Å². The van der Waals surface area contributed by atoms with Gasteiger partial charge in [0, 0.05) is 6.04 Å². The Balaban J connectivity index is 1.81. The second-order valence-corrected chi connectivity index (χ2v) is 5.93. The highest BCUT2D eigenvalue weighted by molar-refractivity contribution is 5.22. The van der Waals surface area contributed by atoms with E-state index in [2.05, 4.69) is 12.2 Å². The Morgan fingerprint density at radius 3 is 2.56 bits per heavy atom. The van der Waals surface area contributed by atoms with Gasteiger partial charge in [-0.1, -0.05) is 25.5 Å². The molecule has 2 heteroatoms. The average Bonchev–Trinajstić information content (AvgIpc) is 2.99. The lowest BCUT2D eigenvalue weighted by molar-refractivity contribution is 0.253. The van der Waals surface area contributed by atoms with Crippen molar-refractivity contribution >= 4 is 0 Å². The van der Waals surface area contributed by atoms with Crippen LogP contribution in [-0.2, 0) is 0 Å². The molecule has 4 unspecified atom stereocenters. The van der Waals surface area contributed by atoms with Crippen molar-refractivity contribution in [2.75, 3.05) is 6.54 Å².